The van der Waals surface area contributed by atoms with Crippen molar-refractivity contribution in [1.82, 2.24) is 9.97 Å². The molecule has 316 valence electrons. The summed E-state index contributed by atoms with van der Waals surface area (Å²) in [4.78, 5) is 10.9. The third kappa shape index (κ3) is 5.72. The van der Waals surface area contributed by atoms with Crippen LogP contribution in [0.15, 0.2) is 247 Å². The molecule has 68 heavy (non-hydrogen) atoms. The molecule has 0 fully saturated rings. The zero-order valence-electron chi connectivity index (χ0n) is 36.9. The van der Waals surface area contributed by atoms with E-state index in [1.165, 1.54) is 50.1 Å². The second-order valence-electron chi connectivity index (χ2n) is 18.0. The Morgan fingerprint density at radius 3 is 1.46 bits per heavy atom. The third-order valence-corrected chi connectivity index (χ3v) is 14.3. The van der Waals surface area contributed by atoms with E-state index < -0.39 is 5.41 Å². The van der Waals surface area contributed by atoms with Crippen LogP contribution in [0.2, 0.25) is 0 Å². The van der Waals surface area contributed by atoms with E-state index in [1.807, 2.05) is 18.2 Å². The predicted molar refractivity (Wildman–Crippen MR) is 278 cm³/mol. The van der Waals surface area contributed by atoms with Gasteiger partial charge in [-0.25, -0.2) is 9.97 Å². The monoisotopic (exact) mass is 864 g/mol. The lowest BCUT2D eigenvalue weighted by atomic mass is 9.68. The second kappa shape index (κ2) is 15.1. The summed E-state index contributed by atoms with van der Waals surface area (Å²) in [6.07, 6.45) is 0. The molecule has 2 aliphatic carbocycles. The highest BCUT2D eigenvalue weighted by atomic mass is 16.3. The number of furan rings is 1. The van der Waals surface area contributed by atoms with Gasteiger partial charge in [0.2, 0.25) is 0 Å². The first-order valence-corrected chi connectivity index (χ1v) is 23.3. The minimum atomic E-state index is -0.505. The zero-order valence-corrected chi connectivity index (χ0v) is 36.9. The van der Waals surface area contributed by atoms with Crippen molar-refractivity contribution in [2.75, 3.05) is 0 Å². The van der Waals surface area contributed by atoms with Gasteiger partial charge in [-0.2, -0.15) is 0 Å². The van der Waals surface area contributed by atoms with Crippen molar-refractivity contribution in [3.05, 3.63) is 265 Å². The van der Waals surface area contributed by atoms with Crippen LogP contribution in [0.25, 0.3) is 111 Å². The first-order chi connectivity index (χ1) is 33.7. The van der Waals surface area contributed by atoms with E-state index in [0.29, 0.717) is 5.82 Å². The molecule has 2 aliphatic rings. The van der Waals surface area contributed by atoms with Gasteiger partial charge in [0, 0.05) is 27.5 Å². The van der Waals surface area contributed by atoms with E-state index in [0.717, 1.165) is 77.8 Å². The minimum absolute atomic E-state index is 0.505. The van der Waals surface area contributed by atoms with Gasteiger partial charge in [-0.05, 0) is 120 Å². The van der Waals surface area contributed by atoms with Gasteiger partial charge in [0.05, 0.1) is 16.8 Å². The molecule has 0 amide bonds. The van der Waals surface area contributed by atoms with Crippen LogP contribution < -0.4 is 0 Å². The first-order valence-electron chi connectivity index (χ1n) is 23.3. The summed E-state index contributed by atoms with van der Waals surface area (Å²) >= 11 is 0. The minimum Gasteiger partial charge on any atom is -0.456 e. The summed E-state index contributed by atoms with van der Waals surface area (Å²) < 4.78 is 6.26. The van der Waals surface area contributed by atoms with Crippen molar-refractivity contribution in [2.24, 2.45) is 0 Å². The number of para-hydroxylation sites is 1. The maximum Gasteiger partial charge on any atom is 0.160 e. The SMILES string of the molecule is c1ccc(-c2cc(-c3ccc4oc5ccccc5c4c3)cc(-c3cc(-c4ccccc4-c4cccc5c4C4(c6ccccc6-c6ccccc64)c4ccccc4-5)nc(-c4ccccc4)n3)c2)cc1. The summed E-state index contributed by atoms with van der Waals surface area (Å²) in [5.41, 5.74) is 23.1. The van der Waals surface area contributed by atoms with Gasteiger partial charge in [0.25, 0.3) is 0 Å². The van der Waals surface area contributed by atoms with Gasteiger partial charge in [0.15, 0.2) is 5.82 Å². The lowest BCUT2D eigenvalue weighted by Crippen LogP contribution is -2.26. The Bertz CT molecular complexity index is 3910. The van der Waals surface area contributed by atoms with E-state index in [1.54, 1.807) is 0 Å². The van der Waals surface area contributed by atoms with Crippen LogP contribution in [0.1, 0.15) is 22.3 Å². The number of nitrogens with zero attached hydrogens (tertiary/aromatic N) is 2. The van der Waals surface area contributed by atoms with E-state index in [9.17, 15) is 0 Å². The lowest BCUT2D eigenvalue weighted by Gasteiger charge is -2.32. The summed E-state index contributed by atoms with van der Waals surface area (Å²) in [5.74, 6) is 0.673. The molecule has 12 aromatic rings. The fourth-order valence-corrected chi connectivity index (χ4v) is 11.4. The van der Waals surface area contributed by atoms with Crippen molar-refractivity contribution < 1.29 is 4.42 Å². The largest absolute Gasteiger partial charge is 0.456 e. The summed E-state index contributed by atoms with van der Waals surface area (Å²) in [6.45, 7) is 0. The Hall–Kier alpha value is -8.92. The molecule has 1 spiro atoms. The van der Waals surface area contributed by atoms with Crippen molar-refractivity contribution >= 4 is 21.9 Å². The highest BCUT2D eigenvalue weighted by molar-refractivity contribution is 6.06. The highest BCUT2D eigenvalue weighted by Gasteiger charge is 2.52. The Morgan fingerprint density at radius 2 is 0.765 bits per heavy atom. The molecular formula is C65H40N2O. The van der Waals surface area contributed by atoms with Gasteiger partial charge < -0.3 is 4.42 Å². The highest BCUT2D eigenvalue weighted by Crippen LogP contribution is 2.64. The van der Waals surface area contributed by atoms with Gasteiger partial charge in [0.1, 0.15) is 11.2 Å². The molecule has 0 unspecified atom stereocenters. The van der Waals surface area contributed by atoms with Crippen LogP contribution in [-0.4, -0.2) is 9.97 Å². The van der Waals surface area contributed by atoms with E-state index >= 15 is 0 Å². The molecule has 0 N–H and O–H groups in total. The summed E-state index contributed by atoms with van der Waals surface area (Å²) in [7, 11) is 0. The Kier molecular flexibility index (Phi) is 8.50. The fraction of sp³-hybridized carbons (Fsp3) is 0.0154. The Morgan fingerprint density at radius 1 is 0.279 bits per heavy atom. The molecule has 10 aromatic carbocycles. The van der Waals surface area contributed by atoms with Gasteiger partial charge >= 0.3 is 0 Å². The molecule has 0 bridgehead atoms. The summed E-state index contributed by atoms with van der Waals surface area (Å²) in [5, 5.41) is 2.20. The van der Waals surface area contributed by atoms with Crippen LogP contribution in [0.3, 0.4) is 0 Å². The fourth-order valence-electron chi connectivity index (χ4n) is 11.4. The van der Waals surface area contributed by atoms with Gasteiger partial charge in [-0.3, -0.25) is 0 Å². The average Bonchev–Trinajstić information content (AvgIpc) is 4.05. The summed E-state index contributed by atoms with van der Waals surface area (Å²) in [6, 6.07) is 87.6. The van der Waals surface area contributed by atoms with Crippen molar-refractivity contribution in [3.8, 4) is 89.5 Å². The lowest BCUT2D eigenvalue weighted by molar-refractivity contribution is 0.669. The molecule has 2 heterocycles. The Labute approximate surface area is 394 Å². The molecule has 3 heteroatoms. The van der Waals surface area contributed by atoms with Crippen molar-refractivity contribution in [1.29, 1.82) is 0 Å². The Balaban J connectivity index is 1.00. The quantitative estimate of drug-likeness (QED) is 0.167. The van der Waals surface area contributed by atoms with Crippen LogP contribution in [-0.2, 0) is 5.41 Å². The molecule has 0 saturated heterocycles. The molecule has 0 saturated carbocycles. The van der Waals surface area contributed by atoms with Crippen LogP contribution >= 0.6 is 0 Å². The van der Waals surface area contributed by atoms with Gasteiger partial charge in [-0.15, -0.1) is 0 Å². The van der Waals surface area contributed by atoms with Crippen molar-refractivity contribution in [2.45, 2.75) is 5.41 Å². The molecular weight excluding hydrogens is 825 g/mol. The number of aromatic nitrogens is 2. The maximum absolute atomic E-state index is 6.26. The van der Waals surface area contributed by atoms with E-state index in [2.05, 4.69) is 224 Å². The second-order valence-corrected chi connectivity index (χ2v) is 18.0. The maximum atomic E-state index is 6.26. The molecule has 0 radical (unpaired) electrons. The predicted octanol–water partition coefficient (Wildman–Crippen LogP) is 16.7. The standard InChI is InChI=1S/C65H40N2O/c1-3-18-41(19-4-1)44-36-45(43-34-35-62-55(39-43)52-27-12-16-33-61(52)68-62)38-46(37-44)59-40-60(67-64(66-59)42-20-5-2-6-21-42)51-26-8-7-22-47(51)53-28-17-29-54-50-25-11-15-32-58(50)65(63(53)54)56-30-13-9-23-48(56)49-24-10-14-31-57(49)65/h1-40H. The number of hydrogen-bond donors (Lipinski definition) is 0. The van der Waals surface area contributed by atoms with Crippen molar-refractivity contribution in [3.63, 3.8) is 0 Å². The normalized spacial score (nSPS) is 12.8. The van der Waals surface area contributed by atoms with E-state index in [-0.39, 0.29) is 0 Å². The first kappa shape index (κ1) is 38.4. The number of fused-ring (bicyclic) bond motifs is 13. The number of hydrogen-bond acceptors (Lipinski definition) is 3. The molecule has 0 atom stereocenters. The average molecular weight is 865 g/mol. The molecule has 2 aromatic heterocycles. The van der Waals surface area contributed by atoms with Crippen LogP contribution in [0, 0.1) is 0 Å². The zero-order chi connectivity index (χ0) is 44.8. The smallest absolute Gasteiger partial charge is 0.160 e. The van der Waals surface area contributed by atoms with Crippen LogP contribution in [0.5, 0.6) is 0 Å². The number of rotatable bonds is 6. The van der Waals surface area contributed by atoms with Gasteiger partial charge in [-0.1, -0.05) is 200 Å². The van der Waals surface area contributed by atoms with E-state index in [4.69, 9.17) is 14.4 Å². The number of benzene rings is 10. The topological polar surface area (TPSA) is 38.9 Å². The molecule has 0 aliphatic heterocycles. The third-order valence-electron chi connectivity index (χ3n) is 14.3. The van der Waals surface area contributed by atoms with Crippen LogP contribution in [0.4, 0.5) is 0 Å². The molecule has 14 rings (SSSR count). The molecule has 3 nitrogen and oxygen atoms in total.